The quantitative estimate of drug-likeness (QED) is 0.786. The van der Waals surface area contributed by atoms with Crippen LogP contribution in [-0.2, 0) is 11.3 Å². The number of phenols is 1. The van der Waals surface area contributed by atoms with Crippen LogP contribution in [0.5, 0.6) is 5.75 Å². The number of carboxylic acid groups (broad SMARTS) is 1. The van der Waals surface area contributed by atoms with Crippen LogP contribution in [0.15, 0.2) is 35.1 Å². The molecule has 0 fully saturated rings. The first kappa shape index (κ1) is 14.1. The van der Waals surface area contributed by atoms with Crippen molar-refractivity contribution in [1.29, 1.82) is 0 Å². The molecule has 2 aromatic rings. The highest BCUT2D eigenvalue weighted by Gasteiger charge is 2.10. The number of hydrogen-bond donors (Lipinski definition) is 3. The number of phenolic OH excluding ortho intramolecular Hbond substituents is 1. The van der Waals surface area contributed by atoms with Gasteiger partial charge in [-0.15, -0.1) is 0 Å². The number of nitrogens with zero attached hydrogens (tertiary/aromatic N) is 2. The molecule has 8 heteroatoms. The fourth-order valence-corrected chi connectivity index (χ4v) is 1.76. The van der Waals surface area contributed by atoms with Crippen molar-refractivity contribution in [3.8, 4) is 5.75 Å². The fourth-order valence-electron chi connectivity index (χ4n) is 1.51. The van der Waals surface area contributed by atoms with Gasteiger partial charge in [0.15, 0.2) is 0 Å². The van der Waals surface area contributed by atoms with Crippen molar-refractivity contribution in [2.45, 2.75) is 6.54 Å². The molecule has 0 aliphatic heterocycles. The van der Waals surface area contributed by atoms with Crippen LogP contribution in [0.4, 0.5) is 5.69 Å². The molecule has 0 aliphatic rings. The molecule has 0 atom stereocenters. The Bertz CT molecular complexity index is 668. The van der Waals surface area contributed by atoms with E-state index in [2.05, 4.69) is 26.3 Å². The van der Waals surface area contributed by atoms with Gasteiger partial charge in [0.1, 0.15) is 12.3 Å². The molecule has 0 unspecified atom stereocenters. The summed E-state index contributed by atoms with van der Waals surface area (Å²) in [6, 6.07) is 4.42. The normalized spacial score (nSPS) is 10.2. The third-order valence-electron chi connectivity index (χ3n) is 2.40. The fraction of sp³-hybridized carbons (Fsp3) is 0.0833. The Kier molecular flexibility index (Phi) is 4.04. The number of carbonyl (C=O) groups is 2. The number of aromatic hydroxyl groups is 1. The third kappa shape index (κ3) is 3.35. The highest BCUT2D eigenvalue weighted by molar-refractivity contribution is 9.10. The first-order valence-electron chi connectivity index (χ1n) is 5.50. The van der Waals surface area contributed by atoms with Gasteiger partial charge in [0.05, 0.1) is 16.4 Å². The number of amides is 1. The zero-order valence-corrected chi connectivity index (χ0v) is 11.7. The molecule has 0 spiro atoms. The number of hydrogen-bond acceptors (Lipinski definition) is 4. The maximum atomic E-state index is 11.9. The van der Waals surface area contributed by atoms with Crippen LogP contribution in [0.1, 0.15) is 10.4 Å². The van der Waals surface area contributed by atoms with Crippen LogP contribution in [0.2, 0.25) is 0 Å². The van der Waals surface area contributed by atoms with Crippen molar-refractivity contribution in [2.75, 3.05) is 5.32 Å². The van der Waals surface area contributed by atoms with Gasteiger partial charge < -0.3 is 15.5 Å². The number of aromatic nitrogens is 2. The molecule has 0 aliphatic carbocycles. The zero-order valence-electron chi connectivity index (χ0n) is 10.1. The van der Waals surface area contributed by atoms with Crippen molar-refractivity contribution < 1.29 is 19.8 Å². The lowest BCUT2D eigenvalue weighted by molar-refractivity contribution is -0.137. The van der Waals surface area contributed by atoms with E-state index in [-0.39, 0.29) is 17.9 Å². The van der Waals surface area contributed by atoms with Gasteiger partial charge in [-0.2, -0.15) is 5.10 Å². The summed E-state index contributed by atoms with van der Waals surface area (Å²) in [5, 5.41) is 24.5. The Hall–Kier alpha value is -2.35. The molecule has 0 radical (unpaired) electrons. The molecule has 1 aromatic carbocycles. The van der Waals surface area contributed by atoms with E-state index in [1.165, 1.54) is 23.1 Å². The number of carboxylic acids is 1. The van der Waals surface area contributed by atoms with Gasteiger partial charge in [-0.25, -0.2) is 0 Å². The van der Waals surface area contributed by atoms with E-state index in [1.807, 2.05) is 0 Å². The van der Waals surface area contributed by atoms with Crippen LogP contribution in [0.3, 0.4) is 0 Å². The number of nitrogens with one attached hydrogen (secondary N) is 1. The molecule has 1 aromatic heterocycles. The van der Waals surface area contributed by atoms with Crippen LogP contribution in [-0.4, -0.2) is 31.9 Å². The van der Waals surface area contributed by atoms with Crippen molar-refractivity contribution in [2.24, 2.45) is 0 Å². The molecule has 2 rings (SSSR count). The van der Waals surface area contributed by atoms with Gasteiger partial charge >= 0.3 is 5.97 Å². The van der Waals surface area contributed by atoms with Crippen LogP contribution in [0.25, 0.3) is 0 Å². The van der Waals surface area contributed by atoms with Crippen molar-refractivity contribution >= 4 is 33.5 Å². The monoisotopic (exact) mass is 339 g/mol. The minimum Gasteiger partial charge on any atom is -0.507 e. The number of aliphatic carboxylic acids is 1. The van der Waals surface area contributed by atoms with E-state index >= 15 is 0 Å². The second-order valence-electron chi connectivity index (χ2n) is 3.94. The van der Waals surface area contributed by atoms with E-state index < -0.39 is 11.9 Å². The summed E-state index contributed by atoms with van der Waals surface area (Å²) in [4.78, 5) is 22.4. The summed E-state index contributed by atoms with van der Waals surface area (Å²) in [5.74, 6) is -1.49. The smallest absolute Gasteiger partial charge is 0.325 e. The van der Waals surface area contributed by atoms with Crippen molar-refractivity contribution in [3.05, 3.63) is 40.6 Å². The molecular weight excluding hydrogens is 330 g/mol. The first-order chi connectivity index (χ1) is 9.45. The largest absolute Gasteiger partial charge is 0.507 e. The maximum absolute atomic E-state index is 11.9. The minimum atomic E-state index is -1.02. The Balaban J connectivity index is 2.09. The van der Waals surface area contributed by atoms with E-state index in [9.17, 15) is 14.7 Å². The molecule has 7 nitrogen and oxygen atoms in total. The minimum absolute atomic E-state index is 0.0424. The predicted octanol–water partition coefficient (Wildman–Crippen LogP) is 1.69. The van der Waals surface area contributed by atoms with Gasteiger partial charge in [-0.1, -0.05) is 0 Å². The second-order valence-corrected chi connectivity index (χ2v) is 4.79. The highest BCUT2D eigenvalue weighted by Crippen LogP contribution is 2.24. The third-order valence-corrected chi connectivity index (χ3v) is 3.07. The van der Waals surface area contributed by atoms with Crippen LogP contribution < -0.4 is 5.32 Å². The molecule has 0 saturated carbocycles. The topological polar surface area (TPSA) is 104 Å². The number of benzene rings is 1. The van der Waals surface area contributed by atoms with Gasteiger partial charge in [-0.05, 0) is 34.1 Å². The first-order valence-corrected chi connectivity index (χ1v) is 6.29. The summed E-state index contributed by atoms with van der Waals surface area (Å²) >= 11 is 3.12. The Morgan fingerprint density at radius 3 is 2.80 bits per heavy atom. The zero-order chi connectivity index (χ0) is 14.7. The number of anilines is 1. The average molecular weight is 340 g/mol. The van der Waals surface area contributed by atoms with E-state index in [1.54, 1.807) is 12.1 Å². The Labute approximate surface area is 122 Å². The molecular formula is C12H10BrN3O4. The number of rotatable bonds is 4. The summed E-state index contributed by atoms with van der Waals surface area (Å²) in [5.41, 5.74) is 0.648. The maximum Gasteiger partial charge on any atom is 0.325 e. The van der Waals surface area contributed by atoms with Gasteiger partial charge in [-0.3, -0.25) is 14.3 Å². The lowest BCUT2D eigenvalue weighted by atomic mass is 10.2. The molecule has 20 heavy (non-hydrogen) atoms. The lowest BCUT2D eigenvalue weighted by Crippen LogP contribution is -2.11. The average Bonchev–Trinajstić information content (AvgIpc) is 2.79. The SMILES string of the molecule is O=C(O)Cn1cc(NC(=O)c2ccc(Br)c(O)c2)cn1. The second kappa shape index (κ2) is 5.74. The molecule has 0 saturated heterocycles. The van der Waals surface area contributed by atoms with Crippen molar-refractivity contribution in [3.63, 3.8) is 0 Å². The number of halogens is 1. The van der Waals surface area contributed by atoms with Gasteiger partial charge in [0.25, 0.3) is 5.91 Å². The van der Waals surface area contributed by atoms with Crippen molar-refractivity contribution in [1.82, 2.24) is 9.78 Å². The standard InChI is InChI=1S/C12H10BrN3O4/c13-9-2-1-7(3-10(9)17)12(20)15-8-4-14-16(5-8)6-11(18)19/h1-5,17H,6H2,(H,15,20)(H,18,19). The molecule has 1 amide bonds. The molecule has 3 N–H and O–H groups in total. The van der Waals surface area contributed by atoms with E-state index in [4.69, 9.17) is 5.11 Å². The molecule has 104 valence electrons. The summed E-state index contributed by atoms with van der Waals surface area (Å²) in [6.07, 6.45) is 2.75. The Morgan fingerprint density at radius 2 is 2.15 bits per heavy atom. The van der Waals surface area contributed by atoms with E-state index in [0.29, 0.717) is 10.2 Å². The molecule has 0 bridgehead atoms. The lowest BCUT2D eigenvalue weighted by Gasteiger charge is -2.04. The molecule has 1 heterocycles. The summed E-state index contributed by atoms with van der Waals surface area (Å²) < 4.78 is 1.68. The van der Waals surface area contributed by atoms with Gasteiger partial charge in [0, 0.05) is 11.8 Å². The highest BCUT2D eigenvalue weighted by atomic mass is 79.9. The van der Waals surface area contributed by atoms with Crippen LogP contribution in [0, 0.1) is 0 Å². The summed E-state index contributed by atoms with van der Waals surface area (Å²) in [7, 11) is 0. The van der Waals surface area contributed by atoms with Crippen LogP contribution >= 0.6 is 15.9 Å². The summed E-state index contributed by atoms with van der Waals surface area (Å²) in [6.45, 7) is -0.283. The van der Waals surface area contributed by atoms with Gasteiger partial charge in [0.2, 0.25) is 0 Å². The predicted molar refractivity (Wildman–Crippen MR) is 73.6 cm³/mol. The Morgan fingerprint density at radius 1 is 1.40 bits per heavy atom. The van der Waals surface area contributed by atoms with E-state index in [0.717, 1.165) is 0 Å². The number of carbonyl (C=O) groups excluding carboxylic acids is 1.